The third-order valence-corrected chi connectivity index (χ3v) is 5.94. The second-order valence-electron chi connectivity index (χ2n) is 7.68. The van der Waals surface area contributed by atoms with Gasteiger partial charge in [-0.15, -0.1) is 11.3 Å². The van der Waals surface area contributed by atoms with Gasteiger partial charge < -0.3 is 20.4 Å². The summed E-state index contributed by atoms with van der Waals surface area (Å²) in [6.07, 6.45) is 0. The number of nitrogens with zero attached hydrogens (tertiary/aromatic N) is 3. The van der Waals surface area contributed by atoms with E-state index in [2.05, 4.69) is 69.8 Å². The fraction of sp³-hybridized carbons (Fsp3) is 0.304. The van der Waals surface area contributed by atoms with E-state index in [1.165, 1.54) is 16.9 Å². The van der Waals surface area contributed by atoms with Crippen LogP contribution in [0.25, 0.3) is 10.6 Å². The van der Waals surface area contributed by atoms with Gasteiger partial charge in [0, 0.05) is 43.7 Å². The standard InChI is InChI=1S/C23H27N5OS/c1-27(2)15-17-7-9-18(10-8-17)23-26-20(16-30-23)22(29)25-19-5-3-4-6-21(19)28-13-11-24-12-14-28/h3-10,16,24H,11-15H2,1-2H3,(H,25,29). The highest BCUT2D eigenvalue weighted by atomic mass is 32.1. The SMILES string of the molecule is CN(C)Cc1ccc(-c2nc(C(=O)Nc3ccccc3N3CCNCC3)cs2)cc1. The number of hydrogen-bond acceptors (Lipinski definition) is 6. The lowest BCUT2D eigenvalue weighted by Gasteiger charge is -2.31. The Kier molecular flexibility index (Phi) is 6.42. The van der Waals surface area contributed by atoms with E-state index in [0.717, 1.165) is 54.7 Å². The Hall–Kier alpha value is -2.74. The number of nitrogens with one attached hydrogen (secondary N) is 2. The predicted molar refractivity (Wildman–Crippen MR) is 124 cm³/mol. The largest absolute Gasteiger partial charge is 0.367 e. The monoisotopic (exact) mass is 421 g/mol. The van der Waals surface area contributed by atoms with Gasteiger partial charge in [-0.25, -0.2) is 4.98 Å². The van der Waals surface area contributed by atoms with Gasteiger partial charge in [-0.2, -0.15) is 0 Å². The first-order chi connectivity index (χ1) is 14.6. The average molecular weight is 422 g/mol. The molecule has 4 rings (SSSR count). The van der Waals surface area contributed by atoms with Gasteiger partial charge in [0.1, 0.15) is 10.7 Å². The fourth-order valence-corrected chi connectivity index (χ4v) is 4.38. The van der Waals surface area contributed by atoms with Crippen LogP contribution in [-0.2, 0) is 6.54 Å². The van der Waals surface area contributed by atoms with E-state index in [0.29, 0.717) is 5.69 Å². The van der Waals surface area contributed by atoms with Crippen molar-refractivity contribution in [3.05, 3.63) is 65.2 Å². The molecule has 1 aromatic heterocycles. The van der Waals surface area contributed by atoms with E-state index >= 15 is 0 Å². The molecule has 3 aromatic rings. The molecule has 6 nitrogen and oxygen atoms in total. The topological polar surface area (TPSA) is 60.5 Å². The highest BCUT2D eigenvalue weighted by Gasteiger charge is 2.17. The molecule has 1 fully saturated rings. The predicted octanol–water partition coefficient (Wildman–Crippen LogP) is 3.53. The van der Waals surface area contributed by atoms with Gasteiger partial charge in [-0.05, 0) is 31.8 Å². The molecule has 0 radical (unpaired) electrons. The molecule has 2 aromatic carbocycles. The van der Waals surface area contributed by atoms with Crippen molar-refractivity contribution in [1.82, 2.24) is 15.2 Å². The third-order valence-electron chi connectivity index (χ3n) is 5.05. The minimum atomic E-state index is -0.177. The minimum absolute atomic E-state index is 0.177. The summed E-state index contributed by atoms with van der Waals surface area (Å²) >= 11 is 1.49. The van der Waals surface area contributed by atoms with Crippen LogP contribution < -0.4 is 15.5 Å². The Balaban J connectivity index is 1.47. The maximum absolute atomic E-state index is 12.9. The smallest absolute Gasteiger partial charge is 0.275 e. The Labute approximate surface area is 181 Å². The Morgan fingerprint density at radius 2 is 1.87 bits per heavy atom. The van der Waals surface area contributed by atoms with Crippen LogP contribution in [0.3, 0.4) is 0 Å². The van der Waals surface area contributed by atoms with Crippen LogP contribution in [0.2, 0.25) is 0 Å². The van der Waals surface area contributed by atoms with Crippen LogP contribution in [0.15, 0.2) is 53.9 Å². The van der Waals surface area contributed by atoms with Crippen molar-refractivity contribution in [2.24, 2.45) is 0 Å². The number of carbonyl (C=O) groups is 1. The van der Waals surface area contributed by atoms with Crippen LogP contribution in [0.4, 0.5) is 11.4 Å². The number of anilines is 2. The van der Waals surface area contributed by atoms with Gasteiger partial charge in [-0.3, -0.25) is 4.79 Å². The van der Waals surface area contributed by atoms with Crippen molar-refractivity contribution in [2.75, 3.05) is 50.5 Å². The Bertz CT molecular complexity index is 993. The quantitative estimate of drug-likeness (QED) is 0.638. The molecule has 0 spiro atoms. The molecule has 2 N–H and O–H groups in total. The summed E-state index contributed by atoms with van der Waals surface area (Å²) in [5.41, 5.74) is 4.61. The Morgan fingerprint density at radius 1 is 1.13 bits per heavy atom. The molecule has 1 saturated heterocycles. The maximum atomic E-state index is 12.9. The van der Waals surface area contributed by atoms with Crippen molar-refractivity contribution in [2.45, 2.75) is 6.54 Å². The summed E-state index contributed by atoms with van der Waals surface area (Å²) in [4.78, 5) is 21.9. The zero-order chi connectivity index (χ0) is 20.9. The lowest BCUT2D eigenvalue weighted by Crippen LogP contribution is -2.43. The van der Waals surface area contributed by atoms with Crippen LogP contribution in [0, 0.1) is 0 Å². The van der Waals surface area contributed by atoms with Crippen molar-refractivity contribution in [3.8, 4) is 10.6 Å². The maximum Gasteiger partial charge on any atom is 0.275 e. The highest BCUT2D eigenvalue weighted by Crippen LogP contribution is 2.28. The Morgan fingerprint density at radius 3 is 2.60 bits per heavy atom. The fourth-order valence-electron chi connectivity index (χ4n) is 3.58. The van der Waals surface area contributed by atoms with E-state index in [4.69, 9.17) is 0 Å². The molecule has 7 heteroatoms. The number of amides is 1. The van der Waals surface area contributed by atoms with Gasteiger partial charge >= 0.3 is 0 Å². The molecule has 0 saturated carbocycles. The summed E-state index contributed by atoms with van der Waals surface area (Å²) in [5, 5.41) is 9.10. The van der Waals surface area contributed by atoms with Gasteiger partial charge in [0.2, 0.25) is 0 Å². The van der Waals surface area contributed by atoms with Crippen LogP contribution in [0.5, 0.6) is 0 Å². The van der Waals surface area contributed by atoms with Crippen molar-refractivity contribution in [1.29, 1.82) is 0 Å². The summed E-state index contributed by atoms with van der Waals surface area (Å²) < 4.78 is 0. The minimum Gasteiger partial charge on any atom is -0.367 e. The molecule has 0 unspecified atom stereocenters. The summed E-state index contributed by atoms with van der Waals surface area (Å²) in [6.45, 7) is 4.66. The first-order valence-corrected chi connectivity index (χ1v) is 11.0. The van der Waals surface area contributed by atoms with Crippen LogP contribution in [-0.4, -0.2) is 56.1 Å². The van der Waals surface area contributed by atoms with Crippen molar-refractivity contribution >= 4 is 28.6 Å². The molecule has 0 atom stereocenters. The van der Waals surface area contributed by atoms with E-state index in [1.807, 2.05) is 23.6 Å². The molecule has 2 heterocycles. The van der Waals surface area contributed by atoms with E-state index in [9.17, 15) is 4.79 Å². The van der Waals surface area contributed by atoms with E-state index in [1.54, 1.807) is 0 Å². The molecule has 156 valence electrons. The lowest BCUT2D eigenvalue weighted by molar-refractivity contribution is 0.102. The highest BCUT2D eigenvalue weighted by molar-refractivity contribution is 7.13. The number of hydrogen-bond donors (Lipinski definition) is 2. The summed E-state index contributed by atoms with van der Waals surface area (Å²) in [5.74, 6) is -0.177. The first kappa shape index (κ1) is 20.5. The normalized spacial score (nSPS) is 14.2. The second kappa shape index (κ2) is 9.38. The van der Waals surface area contributed by atoms with E-state index < -0.39 is 0 Å². The second-order valence-corrected chi connectivity index (χ2v) is 8.54. The first-order valence-electron chi connectivity index (χ1n) is 10.2. The molecule has 1 aliphatic heterocycles. The molecule has 30 heavy (non-hydrogen) atoms. The summed E-state index contributed by atoms with van der Waals surface area (Å²) in [7, 11) is 4.11. The molecule has 1 amide bonds. The van der Waals surface area contributed by atoms with Gasteiger partial charge in [0.25, 0.3) is 5.91 Å². The van der Waals surface area contributed by atoms with Crippen LogP contribution in [0.1, 0.15) is 16.1 Å². The molecular formula is C23H27N5OS. The number of thiazole rings is 1. The van der Waals surface area contributed by atoms with Crippen molar-refractivity contribution < 1.29 is 4.79 Å². The molecule has 0 bridgehead atoms. The number of carbonyl (C=O) groups excluding carboxylic acids is 1. The number of rotatable bonds is 6. The zero-order valence-corrected chi connectivity index (χ0v) is 18.2. The van der Waals surface area contributed by atoms with Gasteiger partial charge in [0.05, 0.1) is 11.4 Å². The van der Waals surface area contributed by atoms with Gasteiger partial charge in [0.15, 0.2) is 0 Å². The van der Waals surface area contributed by atoms with E-state index in [-0.39, 0.29) is 5.91 Å². The molecule has 0 aliphatic carbocycles. The average Bonchev–Trinajstić information content (AvgIpc) is 3.25. The molecular weight excluding hydrogens is 394 g/mol. The van der Waals surface area contributed by atoms with Crippen LogP contribution >= 0.6 is 11.3 Å². The zero-order valence-electron chi connectivity index (χ0n) is 17.4. The van der Waals surface area contributed by atoms with Gasteiger partial charge in [-0.1, -0.05) is 36.4 Å². The number of aromatic nitrogens is 1. The third kappa shape index (κ3) is 4.87. The number of piperazine rings is 1. The molecule has 1 aliphatic rings. The number of benzene rings is 2. The van der Waals surface area contributed by atoms with Crippen molar-refractivity contribution in [3.63, 3.8) is 0 Å². The summed E-state index contributed by atoms with van der Waals surface area (Å²) in [6, 6.07) is 16.3. The number of para-hydroxylation sites is 2. The lowest BCUT2D eigenvalue weighted by atomic mass is 10.1.